The van der Waals surface area contributed by atoms with Crippen LogP contribution in [0.2, 0.25) is 0 Å². The van der Waals surface area contributed by atoms with E-state index in [1.54, 1.807) is 0 Å². The molecule has 1 aromatic rings. The fraction of sp³-hybridized carbons (Fsp3) is 0.444. The first-order valence-electron chi connectivity index (χ1n) is 9.16. The van der Waals surface area contributed by atoms with E-state index in [0.29, 0.717) is 0 Å². The van der Waals surface area contributed by atoms with Crippen molar-refractivity contribution in [3.63, 3.8) is 0 Å². The number of hydrogen-bond acceptors (Lipinski definition) is 7. The van der Waals surface area contributed by atoms with Crippen LogP contribution in [0.15, 0.2) is 18.2 Å². The predicted octanol–water partition coefficient (Wildman–Crippen LogP) is 0.709. The number of nitrogens with one attached hydrogen (secondary N) is 2. The second-order valence-corrected chi connectivity index (χ2v) is 7.74. The van der Waals surface area contributed by atoms with E-state index in [1.165, 1.54) is 30.0 Å². The molecule has 1 heterocycles. The Morgan fingerprint density at radius 3 is 2.55 bits per heavy atom. The van der Waals surface area contributed by atoms with Gasteiger partial charge >= 0.3 is 0 Å². The number of benzene rings is 1. The number of nitrogens with zero attached hydrogens (tertiary/aromatic N) is 2. The molecule has 0 aromatic heterocycles. The third-order valence-electron chi connectivity index (χ3n) is 4.77. The third-order valence-corrected chi connectivity index (χ3v) is 5.70. The molecule has 0 bridgehead atoms. The highest BCUT2D eigenvalue weighted by Gasteiger charge is 2.40. The SMILES string of the molecule is O=C(CSCC(=O)NC1CCC1)NCCN1C(=O)c2cccc([N+](=O)[O-])c2C1=O. The van der Waals surface area contributed by atoms with E-state index < -0.39 is 22.4 Å². The fourth-order valence-corrected chi connectivity index (χ4v) is 3.75. The molecule has 1 aliphatic heterocycles. The maximum Gasteiger partial charge on any atom is 0.282 e. The molecule has 10 nitrogen and oxygen atoms in total. The third kappa shape index (κ3) is 4.73. The summed E-state index contributed by atoms with van der Waals surface area (Å²) in [4.78, 5) is 59.6. The Balaban J connectivity index is 1.42. The molecule has 0 saturated heterocycles. The van der Waals surface area contributed by atoms with E-state index in [4.69, 9.17) is 0 Å². The maximum absolute atomic E-state index is 12.4. The van der Waals surface area contributed by atoms with Gasteiger partial charge in [-0.3, -0.25) is 34.2 Å². The molecular formula is C18H20N4O6S. The van der Waals surface area contributed by atoms with Gasteiger partial charge in [-0.25, -0.2) is 0 Å². The Hall–Kier alpha value is -2.95. The first kappa shape index (κ1) is 20.8. The molecule has 4 amide bonds. The van der Waals surface area contributed by atoms with Crippen LogP contribution in [0.1, 0.15) is 40.0 Å². The van der Waals surface area contributed by atoms with Gasteiger partial charge in [0.25, 0.3) is 17.5 Å². The summed E-state index contributed by atoms with van der Waals surface area (Å²) >= 11 is 1.18. The molecule has 2 aliphatic rings. The smallest absolute Gasteiger partial charge is 0.282 e. The van der Waals surface area contributed by atoms with Crippen molar-refractivity contribution in [2.75, 3.05) is 24.6 Å². The molecule has 1 aromatic carbocycles. The molecule has 29 heavy (non-hydrogen) atoms. The van der Waals surface area contributed by atoms with Crippen molar-refractivity contribution >= 4 is 41.1 Å². The van der Waals surface area contributed by atoms with Crippen LogP contribution in [-0.2, 0) is 9.59 Å². The molecule has 0 atom stereocenters. The number of imide groups is 1. The number of thioether (sulfide) groups is 1. The van der Waals surface area contributed by atoms with Crippen molar-refractivity contribution in [3.8, 4) is 0 Å². The van der Waals surface area contributed by atoms with Crippen molar-refractivity contribution in [1.29, 1.82) is 0 Å². The minimum absolute atomic E-state index is 0.0106. The molecule has 1 fully saturated rings. The number of amides is 4. The summed E-state index contributed by atoms with van der Waals surface area (Å²) in [6, 6.07) is 4.15. The van der Waals surface area contributed by atoms with Gasteiger partial charge in [-0.1, -0.05) is 6.07 Å². The zero-order chi connectivity index (χ0) is 21.0. The predicted molar refractivity (Wildman–Crippen MR) is 105 cm³/mol. The minimum Gasteiger partial charge on any atom is -0.354 e. The first-order chi connectivity index (χ1) is 13.9. The Morgan fingerprint density at radius 2 is 1.90 bits per heavy atom. The van der Waals surface area contributed by atoms with Crippen LogP contribution in [0.3, 0.4) is 0 Å². The minimum atomic E-state index is -0.742. The van der Waals surface area contributed by atoms with Gasteiger partial charge in [0, 0.05) is 25.2 Å². The van der Waals surface area contributed by atoms with E-state index in [-0.39, 0.29) is 53.6 Å². The lowest BCUT2D eigenvalue weighted by Crippen LogP contribution is -2.41. The van der Waals surface area contributed by atoms with Gasteiger partial charge in [0.15, 0.2) is 0 Å². The number of nitro groups is 1. The van der Waals surface area contributed by atoms with Crippen molar-refractivity contribution in [3.05, 3.63) is 39.4 Å². The zero-order valence-electron chi connectivity index (χ0n) is 15.5. The van der Waals surface area contributed by atoms with Crippen molar-refractivity contribution < 1.29 is 24.1 Å². The number of nitro benzene ring substituents is 1. The van der Waals surface area contributed by atoms with E-state index in [2.05, 4.69) is 10.6 Å². The van der Waals surface area contributed by atoms with Crippen molar-refractivity contribution in [1.82, 2.24) is 15.5 Å². The van der Waals surface area contributed by atoms with E-state index in [9.17, 15) is 29.3 Å². The van der Waals surface area contributed by atoms with Gasteiger partial charge in [-0.2, -0.15) is 0 Å². The number of carbonyl (C=O) groups is 4. The summed E-state index contributed by atoms with van der Waals surface area (Å²) in [5, 5.41) is 16.5. The molecular weight excluding hydrogens is 400 g/mol. The maximum atomic E-state index is 12.4. The number of rotatable bonds is 9. The molecule has 0 unspecified atom stereocenters. The van der Waals surface area contributed by atoms with Gasteiger partial charge in [-0.05, 0) is 25.3 Å². The molecule has 0 radical (unpaired) electrons. The normalized spacial score (nSPS) is 15.7. The van der Waals surface area contributed by atoms with Crippen LogP contribution in [-0.4, -0.2) is 64.1 Å². The molecule has 11 heteroatoms. The molecule has 3 rings (SSSR count). The van der Waals surface area contributed by atoms with Gasteiger partial charge in [0.05, 0.1) is 22.0 Å². The van der Waals surface area contributed by atoms with Crippen LogP contribution in [0.25, 0.3) is 0 Å². The Bertz CT molecular complexity index is 870. The monoisotopic (exact) mass is 420 g/mol. The standard InChI is InChI=1S/C18H20N4O6S/c23-14(9-29-10-15(24)20-11-3-1-4-11)19-7-8-21-17(25)12-5-2-6-13(22(27)28)16(12)18(21)26/h2,5-6,11H,1,3-4,7-10H2,(H,19,23)(H,20,24). The first-order valence-corrected chi connectivity index (χ1v) is 10.3. The highest BCUT2D eigenvalue weighted by molar-refractivity contribution is 8.00. The summed E-state index contributed by atoms with van der Waals surface area (Å²) in [5.41, 5.74) is -0.644. The lowest BCUT2D eigenvalue weighted by Gasteiger charge is -2.26. The van der Waals surface area contributed by atoms with E-state index in [1.807, 2.05) is 0 Å². The summed E-state index contributed by atoms with van der Waals surface area (Å²) < 4.78 is 0. The van der Waals surface area contributed by atoms with Gasteiger partial charge in [0.1, 0.15) is 5.56 Å². The largest absolute Gasteiger partial charge is 0.354 e. The number of fused-ring (bicyclic) bond motifs is 1. The van der Waals surface area contributed by atoms with Crippen LogP contribution in [0.4, 0.5) is 5.69 Å². The molecule has 154 valence electrons. The topological polar surface area (TPSA) is 139 Å². The van der Waals surface area contributed by atoms with E-state index >= 15 is 0 Å². The Kier molecular flexibility index (Phi) is 6.47. The summed E-state index contributed by atoms with van der Waals surface area (Å²) in [6.45, 7) is -0.0744. The van der Waals surface area contributed by atoms with Crippen LogP contribution >= 0.6 is 11.8 Å². The quantitative estimate of drug-likeness (QED) is 0.341. The average Bonchev–Trinajstić information content (AvgIpc) is 2.89. The Labute approximate surface area is 170 Å². The highest BCUT2D eigenvalue weighted by Crippen LogP contribution is 2.30. The average molecular weight is 420 g/mol. The number of hydrogen-bond donors (Lipinski definition) is 2. The summed E-state index contributed by atoms with van der Waals surface area (Å²) in [6.07, 6.45) is 3.12. The van der Waals surface area contributed by atoms with Gasteiger partial charge < -0.3 is 10.6 Å². The summed E-state index contributed by atoms with van der Waals surface area (Å²) in [7, 11) is 0. The lowest BCUT2D eigenvalue weighted by molar-refractivity contribution is -0.385. The molecule has 1 saturated carbocycles. The van der Waals surface area contributed by atoms with Crippen LogP contribution < -0.4 is 10.6 Å². The summed E-state index contributed by atoms with van der Waals surface area (Å²) in [5.74, 6) is -1.52. The van der Waals surface area contributed by atoms with Crippen LogP contribution in [0, 0.1) is 10.1 Å². The van der Waals surface area contributed by atoms with Gasteiger partial charge in [0.2, 0.25) is 11.8 Å². The highest BCUT2D eigenvalue weighted by atomic mass is 32.2. The lowest BCUT2D eigenvalue weighted by atomic mass is 9.93. The molecule has 0 spiro atoms. The second kappa shape index (κ2) is 9.03. The molecule has 1 aliphatic carbocycles. The zero-order valence-corrected chi connectivity index (χ0v) is 16.3. The van der Waals surface area contributed by atoms with Gasteiger partial charge in [-0.15, -0.1) is 11.8 Å². The Morgan fingerprint density at radius 1 is 1.17 bits per heavy atom. The van der Waals surface area contributed by atoms with Crippen molar-refractivity contribution in [2.45, 2.75) is 25.3 Å². The number of carbonyl (C=O) groups excluding carboxylic acids is 4. The second-order valence-electron chi connectivity index (χ2n) is 6.76. The fourth-order valence-electron chi connectivity index (χ4n) is 3.09. The van der Waals surface area contributed by atoms with Crippen molar-refractivity contribution in [2.24, 2.45) is 0 Å². The van der Waals surface area contributed by atoms with E-state index in [0.717, 1.165) is 24.2 Å². The van der Waals surface area contributed by atoms with Crippen LogP contribution in [0.5, 0.6) is 0 Å². The molecule has 2 N–H and O–H groups in total.